The van der Waals surface area contributed by atoms with Gasteiger partial charge in [0.15, 0.2) is 0 Å². The van der Waals surface area contributed by atoms with Crippen LogP contribution in [0, 0.1) is 0 Å². The molecular formula is C11H24N2. The molecule has 78 valence electrons. The van der Waals surface area contributed by atoms with Gasteiger partial charge in [0, 0.05) is 18.1 Å². The molecule has 0 spiro atoms. The summed E-state index contributed by atoms with van der Waals surface area (Å²) >= 11 is 0. The minimum atomic E-state index is 0.000874. The first-order valence-corrected chi connectivity index (χ1v) is 5.56. The van der Waals surface area contributed by atoms with Gasteiger partial charge in [-0.05, 0) is 46.1 Å². The fourth-order valence-electron chi connectivity index (χ4n) is 2.08. The third-order valence-electron chi connectivity index (χ3n) is 3.01. The highest BCUT2D eigenvalue weighted by Crippen LogP contribution is 2.20. The van der Waals surface area contributed by atoms with Crippen molar-refractivity contribution in [2.24, 2.45) is 5.73 Å². The fraction of sp³-hybridized carbons (Fsp3) is 1.00. The SMILES string of the molecule is CCC1CCCN1CCC(C)(C)N. The van der Waals surface area contributed by atoms with Crippen LogP contribution in [0.1, 0.15) is 46.5 Å². The third-order valence-corrected chi connectivity index (χ3v) is 3.01. The number of nitrogens with two attached hydrogens (primary N) is 1. The summed E-state index contributed by atoms with van der Waals surface area (Å²) in [5, 5.41) is 0. The van der Waals surface area contributed by atoms with Crippen molar-refractivity contribution in [3.05, 3.63) is 0 Å². The maximum atomic E-state index is 5.97. The van der Waals surface area contributed by atoms with Gasteiger partial charge in [-0.2, -0.15) is 0 Å². The first-order chi connectivity index (χ1) is 6.03. The molecule has 0 aromatic rings. The lowest BCUT2D eigenvalue weighted by Gasteiger charge is -2.27. The van der Waals surface area contributed by atoms with Crippen molar-refractivity contribution >= 4 is 0 Å². The number of rotatable bonds is 4. The second-order valence-corrected chi connectivity index (χ2v) is 4.98. The molecule has 1 unspecified atom stereocenters. The zero-order chi connectivity index (χ0) is 9.90. The molecule has 1 saturated heterocycles. The van der Waals surface area contributed by atoms with Gasteiger partial charge in [0.2, 0.25) is 0 Å². The first-order valence-electron chi connectivity index (χ1n) is 5.56. The molecule has 0 saturated carbocycles. The Morgan fingerprint density at radius 2 is 2.15 bits per heavy atom. The van der Waals surface area contributed by atoms with E-state index >= 15 is 0 Å². The average molecular weight is 184 g/mol. The molecular weight excluding hydrogens is 160 g/mol. The Balaban J connectivity index is 2.28. The van der Waals surface area contributed by atoms with Crippen LogP contribution in [0.3, 0.4) is 0 Å². The van der Waals surface area contributed by atoms with Crippen LogP contribution in [0.4, 0.5) is 0 Å². The third kappa shape index (κ3) is 3.65. The highest BCUT2D eigenvalue weighted by atomic mass is 15.2. The Hall–Kier alpha value is -0.0800. The lowest BCUT2D eigenvalue weighted by Crippen LogP contribution is -2.39. The summed E-state index contributed by atoms with van der Waals surface area (Å²) in [7, 11) is 0. The van der Waals surface area contributed by atoms with Gasteiger partial charge in [0.05, 0.1) is 0 Å². The van der Waals surface area contributed by atoms with Crippen molar-refractivity contribution in [1.29, 1.82) is 0 Å². The van der Waals surface area contributed by atoms with Crippen LogP contribution in [0.25, 0.3) is 0 Å². The summed E-state index contributed by atoms with van der Waals surface area (Å²) in [5.41, 5.74) is 5.97. The highest BCUT2D eigenvalue weighted by molar-refractivity contribution is 4.81. The lowest BCUT2D eigenvalue weighted by molar-refractivity contribution is 0.227. The van der Waals surface area contributed by atoms with Crippen LogP contribution in [0.15, 0.2) is 0 Å². The molecule has 1 aliphatic rings. The Kier molecular flexibility index (Phi) is 3.74. The van der Waals surface area contributed by atoms with Crippen LogP contribution in [-0.2, 0) is 0 Å². The molecule has 13 heavy (non-hydrogen) atoms. The van der Waals surface area contributed by atoms with Gasteiger partial charge >= 0.3 is 0 Å². The van der Waals surface area contributed by atoms with Gasteiger partial charge in [-0.15, -0.1) is 0 Å². The second-order valence-electron chi connectivity index (χ2n) is 4.98. The predicted octanol–water partition coefficient (Wildman–Crippen LogP) is 1.99. The van der Waals surface area contributed by atoms with Gasteiger partial charge in [-0.25, -0.2) is 0 Å². The molecule has 0 aromatic carbocycles. The number of hydrogen-bond donors (Lipinski definition) is 1. The Labute approximate surface area is 82.5 Å². The molecule has 1 fully saturated rings. The Morgan fingerprint density at radius 1 is 1.46 bits per heavy atom. The van der Waals surface area contributed by atoms with Crippen LogP contribution in [0.5, 0.6) is 0 Å². The van der Waals surface area contributed by atoms with Crippen LogP contribution >= 0.6 is 0 Å². The van der Waals surface area contributed by atoms with Crippen LogP contribution in [0.2, 0.25) is 0 Å². The number of hydrogen-bond acceptors (Lipinski definition) is 2. The van der Waals surface area contributed by atoms with E-state index in [0.717, 1.165) is 12.5 Å². The molecule has 2 nitrogen and oxygen atoms in total. The van der Waals surface area contributed by atoms with Crippen molar-refractivity contribution in [3.63, 3.8) is 0 Å². The van der Waals surface area contributed by atoms with Gasteiger partial charge in [-0.3, -0.25) is 0 Å². The average Bonchev–Trinajstić information content (AvgIpc) is 2.46. The molecule has 0 bridgehead atoms. The van der Waals surface area contributed by atoms with E-state index in [9.17, 15) is 0 Å². The largest absolute Gasteiger partial charge is 0.326 e. The van der Waals surface area contributed by atoms with Crippen molar-refractivity contribution in [2.75, 3.05) is 13.1 Å². The van der Waals surface area contributed by atoms with E-state index in [0.29, 0.717) is 0 Å². The summed E-state index contributed by atoms with van der Waals surface area (Å²) in [6.07, 6.45) is 5.18. The lowest BCUT2D eigenvalue weighted by atomic mass is 10.0. The monoisotopic (exact) mass is 184 g/mol. The zero-order valence-corrected chi connectivity index (χ0v) is 9.34. The smallest absolute Gasteiger partial charge is 0.0109 e. The van der Waals surface area contributed by atoms with E-state index in [1.54, 1.807) is 0 Å². The van der Waals surface area contributed by atoms with E-state index in [2.05, 4.69) is 25.7 Å². The minimum Gasteiger partial charge on any atom is -0.326 e. The van der Waals surface area contributed by atoms with E-state index in [1.165, 1.54) is 32.4 Å². The molecule has 0 aliphatic carbocycles. The van der Waals surface area contributed by atoms with Crippen molar-refractivity contribution in [2.45, 2.75) is 58.0 Å². The van der Waals surface area contributed by atoms with E-state index in [4.69, 9.17) is 5.73 Å². The standard InChI is InChI=1S/C11H24N2/c1-4-10-6-5-8-13(10)9-7-11(2,3)12/h10H,4-9,12H2,1-3H3. The molecule has 0 radical (unpaired) electrons. The van der Waals surface area contributed by atoms with Gasteiger partial charge in [-0.1, -0.05) is 6.92 Å². The normalized spacial score (nSPS) is 25.4. The molecule has 0 amide bonds. The Morgan fingerprint density at radius 3 is 2.69 bits per heavy atom. The Bertz CT molecular complexity index is 149. The van der Waals surface area contributed by atoms with E-state index < -0.39 is 0 Å². The molecule has 1 rings (SSSR count). The molecule has 2 N–H and O–H groups in total. The summed E-state index contributed by atoms with van der Waals surface area (Å²) in [6, 6.07) is 0.836. The van der Waals surface area contributed by atoms with Crippen molar-refractivity contribution in [1.82, 2.24) is 4.90 Å². The molecule has 0 aromatic heterocycles. The molecule has 1 heterocycles. The number of nitrogens with zero attached hydrogens (tertiary/aromatic N) is 1. The zero-order valence-electron chi connectivity index (χ0n) is 9.34. The predicted molar refractivity (Wildman–Crippen MR) is 57.8 cm³/mol. The maximum absolute atomic E-state index is 5.97. The summed E-state index contributed by atoms with van der Waals surface area (Å²) in [4.78, 5) is 2.61. The summed E-state index contributed by atoms with van der Waals surface area (Å²) < 4.78 is 0. The van der Waals surface area contributed by atoms with E-state index in [1.807, 2.05) is 0 Å². The van der Waals surface area contributed by atoms with Crippen LogP contribution in [-0.4, -0.2) is 29.6 Å². The number of likely N-dealkylation sites (tertiary alicyclic amines) is 1. The fourth-order valence-corrected chi connectivity index (χ4v) is 2.08. The van der Waals surface area contributed by atoms with Gasteiger partial charge < -0.3 is 10.6 Å². The minimum absolute atomic E-state index is 0.000874. The first kappa shape index (κ1) is 11.0. The second kappa shape index (κ2) is 4.43. The molecule has 1 aliphatic heterocycles. The van der Waals surface area contributed by atoms with Gasteiger partial charge in [0.25, 0.3) is 0 Å². The van der Waals surface area contributed by atoms with Gasteiger partial charge in [0.1, 0.15) is 0 Å². The van der Waals surface area contributed by atoms with Crippen LogP contribution < -0.4 is 5.73 Å². The summed E-state index contributed by atoms with van der Waals surface area (Å²) in [6.45, 7) is 8.99. The molecule has 2 heteroatoms. The van der Waals surface area contributed by atoms with Crippen molar-refractivity contribution < 1.29 is 0 Å². The maximum Gasteiger partial charge on any atom is 0.0109 e. The topological polar surface area (TPSA) is 29.3 Å². The summed E-state index contributed by atoms with van der Waals surface area (Å²) in [5.74, 6) is 0. The van der Waals surface area contributed by atoms with E-state index in [-0.39, 0.29) is 5.54 Å². The quantitative estimate of drug-likeness (QED) is 0.724. The molecule has 1 atom stereocenters. The van der Waals surface area contributed by atoms with Crippen molar-refractivity contribution in [3.8, 4) is 0 Å². The highest BCUT2D eigenvalue weighted by Gasteiger charge is 2.23.